The predicted octanol–water partition coefficient (Wildman–Crippen LogP) is 3.10. The van der Waals surface area contributed by atoms with E-state index in [1.165, 1.54) is 0 Å². The first-order valence-electron chi connectivity index (χ1n) is 10.1. The van der Waals surface area contributed by atoms with E-state index in [0.29, 0.717) is 37.2 Å². The number of amides is 2. The number of aliphatic carboxylic acids is 1. The number of carboxylic acids is 1. The maximum Gasteiger partial charge on any atom is 0.306 e. The molecule has 1 saturated heterocycles. The van der Waals surface area contributed by atoms with Gasteiger partial charge in [-0.1, -0.05) is 29.8 Å². The number of carboxylic acid groups (broad SMARTS) is 1. The minimum absolute atomic E-state index is 0.143. The molecule has 0 spiro atoms. The summed E-state index contributed by atoms with van der Waals surface area (Å²) in [5.41, 5.74) is 2.35. The molecule has 0 saturated carbocycles. The number of likely N-dealkylation sites (tertiary alicyclic amines) is 1. The molecule has 1 fully saturated rings. The van der Waals surface area contributed by atoms with E-state index >= 15 is 0 Å². The van der Waals surface area contributed by atoms with Crippen LogP contribution >= 0.6 is 0 Å². The molecule has 162 valence electrons. The molecule has 31 heavy (non-hydrogen) atoms. The van der Waals surface area contributed by atoms with Crippen LogP contribution in [0.15, 0.2) is 54.2 Å². The topological polar surface area (TPSA) is 95.9 Å². The van der Waals surface area contributed by atoms with Gasteiger partial charge in [0.1, 0.15) is 11.4 Å². The van der Waals surface area contributed by atoms with Gasteiger partial charge in [0.05, 0.1) is 13.0 Å². The summed E-state index contributed by atoms with van der Waals surface area (Å²) in [7, 11) is 1.57. The molecule has 1 aliphatic heterocycles. The number of piperidine rings is 1. The van der Waals surface area contributed by atoms with Crippen molar-refractivity contribution in [2.24, 2.45) is 5.92 Å². The lowest BCUT2D eigenvalue weighted by Gasteiger charge is -2.30. The van der Waals surface area contributed by atoms with Crippen LogP contribution in [0.3, 0.4) is 0 Å². The molecule has 2 aromatic rings. The summed E-state index contributed by atoms with van der Waals surface area (Å²) in [6.07, 6.45) is 2.41. The maximum atomic E-state index is 13.2. The number of carbonyl (C=O) groups is 3. The molecule has 1 heterocycles. The second kappa shape index (κ2) is 9.93. The summed E-state index contributed by atoms with van der Waals surface area (Å²) in [4.78, 5) is 38.7. The molecule has 2 aromatic carbocycles. The lowest BCUT2D eigenvalue weighted by Crippen LogP contribution is -2.43. The summed E-state index contributed by atoms with van der Waals surface area (Å²) >= 11 is 0. The molecule has 0 unspecified atom stereocenters. The van der Waals surface area contributed by atoms with Crippen LogP contribution in [0.2, 0.25) is 0 Å². The minimum atomic E-state index is -0.839. The van der Waals surface area contributed by atoms with Gasteiger partial charge < -0.3 is 20.1 Å². The quantitative estimate of drug-likeness (QED) is 0.698. The van der Waals surface area contributed by atoms with Crippen LogP contribution in [0.25, 0.3) is 6.08 Å². The molecular formula is C24H26N2O5. The zero-order valence-electron chi connectivity index (χ0n) is 17.6. The van der Waals surface area contributed by atoms with Crippen molar-refractivity contribution in [1.82, 2.24) is 10.2 Å². The fourth-order valence-corrected chi connectivity index (χ4v) is 3.42. The van der Waals surface area contributed by atoms with E-state index < -0.39 is 11.9 Å². The van der Waals surface area contributed by atoms with Crippen LogP contribution in [0.1, 0.15) is 34.3 Å². The van der Waals surface area contributed by atoms with E-state index in [4.69, 9.17) is 4.74 Å². The van der Waals surface area contributed by atoms with E-state index in [-0.39, 0.29) is 17.5 Å². The number of hydrogen-bond acceptors (Lipinski definition) is 4. The Morgan fingerprint density at radius 1 is 1.03 bits per heavy atom. The Kier molecular flexibility index (Phi) is 7.07. The van der Waals surface area contributed by atoms with Crippen molar-refractivity contribution in [1.29, 1.82) is 0 Å². The van der Waals surface area contributed by atoms with Gasteiger partial charge in [-0.25, -0.2) is 0 Å². The largest absolute Gasteiger partial charge is 0.497 e. The first-order chi connectivity index (χ1) is 14.9. The summed E-state index contributed by atoms with van der Waals surface area (Å²) in [6.45, 7) is 2.59. The summed E-state index contributed by atoms with van der Waals surface area (Å²) in [5.74, 6) is -1.31. The van der Waals surface area contributed by atoms with Crippen molar-refractivity contribution >= 4 is 23.9 Å². The average molecular weight is 422 g/mol. The third kappa shape index (κ3) is 5.72. The molecule has 0 radical (unpaired) electrons. The van der Waals surface area contributed by atoms with Gasteiger partial charge in [0.2, 0.25) is 0 Å². The molecular weight excluding hydrogens is 396 g/mol. The van der Waals surface area contributed by atoms with Crippen LogP contribution in [0, 0.1) is 12.8 Å². The maximum absolute atomic E-state index is 13.2. The van der Waals surface area contributed by atoms with Gasteiger partial charge in [-0.2, -0.15) is 0 Å². The zero-order chi connectivity index (χ0) is 22.4. The standard InChI is InChI=1S/C24H26N2O5/c1-16-3-7-18(8-4-16)22(27)25-21(15-17-5-9-20(31-2)10-6-17)23(28)26-13-11-19(12-14-26)24(29)30/h3-10,15,19H,11-14H2,1-2H3,(H,25,27)(H,29,30). The Balaban J connectivity index is 1.83. The minimum Gasteiger partial charge on any atom is -0.497 e. The van der Waals surface area contributed by atoms with Crippen LogP contribution in [-0.2, 0) is 9.59 Å². The normalized spacial score (nSPS) is 14.8. The zero-order valence-corrected chi connectivity index (χ0v) is 17.6. The van der Waals surface area contributed by atoms with E-state index in [1.54, 1.807) is 54.5 Å². The van der Waals surface area contributed by atoms with Crippen LogP contribution in [-0.4, -0.2) is 48.0 Å². The monoisotopic (exact) mass is 422 g/mol. The number of carbonyl (C=O) groups excluding carboxylic acids is 2. The van der Waals surface area contributed by atoms with Gasteiger partial charge in [-0.15, -0.1) is 0 Å². The molecule has 3 rings (SSSR count). The Bertz CT molecular complexity index is 972. The van der Waals surface area contributed by atoms with Gasteiger partial charge in [-0.3, -0.25) is 14.4 Å². The van der Waals surface area contributed by atoms with Crippen molar-refractivity contribution in [3.63, 3.8) is 0 Å². The first-order valence-corrected chi connectivity index (χ1v) is 10.1. The predicted molar refractivity (Wildman–Crippen MR) is 117 cm³/mol. The molecule has 2 N–H and O–H groups in total. The number of benzene rings is 2. The SMILES string of the molecule is COc1ccc(C=C(NC(=O)c2ccc(C)cc2)C(=O)N2CCC(C(=O)O)CC2)cc1. The van der Waals surface area contributed by atoms with Crippen LogP contribution in [0.4, 0.5) is 0 Å². The van der Waals surface area contributed by atoms with Gasteiger partial charge in [0.15, 0.2) is 0 Å². The molecule has 2 amide bonds. The number of ether oxygens (including phenoxy) is 1. The second-order valence-corrected chi connectivity index (χ2v) is 7.56. The van der Waals surface area contributed by atoms with Gasteiger partial charge in [0.25, 0.3) is 11.8 Å². The Morgan fingerprint density at radius 3 is 2.19 bits per heavy atom. The highest BCUT2D eigenvalue weighted by Crippen LogP contribution is 2.20. The highest BCUT2D eigenvalue weighted by molar-refractivity contribution is 6.05. The molecule has 7 heteroatoms. The van der Waals surface area contributed by atoms with Crippen molar-refractivity contribution in [2.75, 3.05) is 20.2 Å². The van der Waals surface area contributed by atoms with Crippen LogP contribution < -0.4 is 10.1 Å². The first kappa shape index (κ1) is 22.1. The lowest BCUT2D eigenvalue weighted by molar-refractivity contribution is -0.145. The number of nitrogens with one attached hydrogen (secondary N) is 1. The molecule has 0 bridgehead atoms. The van der Waals surface area contributed by atoms with Crippen molar-refractivity contribution in [3.05, 3.63) is 70.9 Å². The van der Waals surface area contributed by atoms with E-state index in [9.17, 15) is 19.5 Å². The second-order valence-electron chi connectivity index (χ2n) is 7.56. The third-order valence-corrected chi connectivity index (χ3v) is 5.35. The average Bonchev–Trinajstić information content (AvgIpc) is 2.79. The van der Waals surface area contributed by atoms with Crippen molar-refractivity contribution in [3.8, 4) is 5.75 Å². The van der Waals surface area contributed by atoms with Crippen molar-refractivity contribution in [2.45, 2.75) is 19.8 Å². The number of hydrogen-bond donors (Lipinski definition) is 2. The fraction of sp³-hybridized carbons (Fsp3) is 0.292. The molecule has 7 nitrogen and oxygen atoms in total. The molecule has 1 aliphatic rings. The van der Waals surface area contributed by atoms with Gasteiger partial charge in [0, 0.05) is 18.7 Å². The van der Waals surface area contributed by atoms with Crippen molar-refractivity contribution < 1.29 is 24.2 Å². The van der Waals surface area contributed by atoms with Gasteiger partial charge in [-0.05, 0) is 55.7 Å². The molecule has 0 aromatic heterocycles. The summed E-state index contributed by atoms with van der Waals surface area (Å²) in [5, 5.41) is 11.9. The Labute approximate surface area is 181 Å². The highest BCUT2D eigenvalue weighted by Gasteiger charge is 2.29. The highest BCUT2D eigenvalue weighted by atomic mass is 16.5. The number of rotatable bonds is 6. The number of nitrogens with zero attached hydrogens (tertiary/aromatic N) is 1. The third-order valence-electron chi connectivity index (χ3n) is 5.35. The van der Waals surface area contributed by atoms with E-state index in [2.05, 4.69) is 5.32 Å². The smallest absolute Gasteiger partial charge is 0.306 e. The summed E-state index contributed by atoms with van der Waals surface area (Å²) in [6, 6.07) is 14.2. The fourth-order valence-electron chi connectivity index (χ4n) is 3.42. The molecule has 0 atom stereocenters. The lowest BCUT2D eigenvalue weighted by atomic mass is 9.97. The summed E-state index contributed by atoms with van der Waals surface area (Å²) < 4.78 is 5.16. The number of aryl methyl sites for hydroxylation is 1. The van der Waals surface area contributed by atoms with E-state index in [0.717, 1.165) is 11.1 Å². The molecule has 0 aliphatic carbocycles. The van der Waals surface area contributed by atoms with Gasteiger partial charge >= 0.3 is 5.97 Å². The Morgan fingerprint density at radius 2 is 1.65 bits per heavy atom. The number of methoxy groups -OCH3 is 1. The Hall–Kier alpha value is -3.61. The van der Waals surface area contributed by atoms with Crippen LogP contribution in [0.5, 0.6) is 5.75 Å². The van der Waals surface area contributed by atoms with E-state index in [1.807, 2.05) is 19.1 Å².